The number of morpholine rings is 1. The molecule has 0 aromatic carbocycles. The number of carbonyl (C=O) groups is 2. The van der Waals surface area contributed by atoms with E-state index in [4.69, 9.17) is 4.74 Å². The molecule has 2 fully saturated rings. The smallest absolute Gasteiger partial charge is 0.248 e. The van der Waals surface area contributed by atoms with E-state index in [9.17, 15) is 9.59 Å². The van der Waals surface area contributed by atoms with Crippen LogP contribution in [0.5, 0.6) is 0 Å². The summed E-state index contributed by atoms with van der Waals surface area (Å²) in [6, 6.07) is 2.03. The molecule has 2 amide bonds. The molecule has 1 aromatic heterocycles. The monoisotopic (exact) mass is 320 g/mol. The van der Waals surface area contributed by atoms with E-state index in [0.717, 1.165) is 18.5 Å². The zero-order chi connectivity index (χ0) is 16.4. The van der Waals surface area contributed by atoms with E-state index < -0.39 is 0 Å². The Morgan fingerprint density at radius 1 is 1.35 bits per heavy atom. The summed E-state index contributed by atoms with van der Waals surface area (Å²) < 4.78 is 7.47. The Balaban J connectivity index is 1.56. The van der Waals surface area contributed by atoms with Crippen molar-refractivity contribution in [3.05, 3.63) is 18.0 Å². The van der Waals surface area contributed by atoms with Gasteiger partial charge in [-0.1, -0.05) is 0 Å². The maximum Gasteiger partial charge on any atom is 0.248 e. The van der Waals surface area contributed by atoms with E-state index in [0.29, 0.717) is 25.9 Å². The van der Waals surface area contributed by atoms with E-state index in [1.54, 1.807) is 15.8 Å². The number of aromatic nitrogens is 2. The van der Waals surface area contributed by atoms with Crippen LogP contribution in [0.15, 0.2) is 12.3 Å². The van der Waals surface area contributed by atoms with Crippen LogP contribution in [0.1, 0.15) is 25.0 Å². The second kappa shape index (κ2) is 6.70. The first-order valence-corrected chi connectivity index (χ1v) is 8.18. The number of aryl methyl sites for hydroxylation is 2. The lowest BCUT2D eigenvalue weighted by Gasteiger charge is -2.37. The zero-order valence-electron chi connectivity index (χ0n) is 13.8. The maximum atomic E-state index is 12.5. The van der Waals surface area contributed by atoms with E-state index >= 15 is 0 Å². The minimum absolute atomic E-state index is 0.0298. The fourth-order valence-electron chi connectivity index (χ4n) is 3.45. The maximum absolute atomic E-state index is 12.5. The van der Waals surface area contributed by atoms with Gasteiger partial charge in [0.25, 0.3) is 0 Å². The van der Waals surface area contributed by atoms with Crippen molar-refractivity contribution < 1.29 is 14.3 Å². The number of nitrogens with zero attached hydrogens (tertiary/aromatic N) is 4. The van der Waals surface area contributed by atoms with E-state index in [1.807, 2.05) is 25.1 Å². The highest BCUT2D eigenvalue weighted by Gasteiger charge is 2.37. The molecule has 7 nitrogen and oxygen atoms in total. The molecule has 0 unspecified atom stereocenters. The Labute approximate surface area is 136 Å². The third-order valence-corrected chi connectivity index (χ3v) is 4.99. The van der Waals surface area contributed by atoms with Gasteiger partial charge in [0, 0.05) is 45.5 Å². The van der Waals surface area contributed by atoms with Crippen LogP contribution >= 0.6 is 0 Å². The van der Waals surface area contributed by atoms with Gasteiger partial charge in [0.1, 0.15) is 6.61 Å². The van der Waals surface area contributed by atoms with Gasteiger partial charge in [-0.15, -0.1) is 0 Å². The Kier molecular flexibility index (Phi) is 4.66. The van der Waals surface area contributed by atoms with Crippen molar-refractivity contribution in [1.82, 2.24) is 19.6 Å². The molecule has 2 atom stereocenters. The predicted octanol–water partition coefficient (Wildman–Crippen LogP) is 0.201. The van der Waals surface area contributed by atoms with Gasteiger partial charge in [0.2, 0.25) is 11.8 Å². The lowest BCUT2D eigenvalue weighted by Crippen LogP contribution is -2.52. The van der Waals surface area contributed by atoms with Crippen LogP contribution in [0.3, 0.4) is 0 Å². The van der Waals surface area contributed by atoms with Crippen molar-refractivity contribution in [3.63, 3.8) is 0 Å². The minimum atomic E-state index is 0.0298. The molecule has 2 aliphatic heterocycles. The van der Waals surface area contributed by atoms with Crippen LogP contribution in [0.25, 0.3) is 0 Å². The predicted molar refractivity (Wildman–Crippen MR) is 83.6 cm³/mol. The molecule has 0 N–H and O–H groups in total. The molecular weight excluding hydrogens is 296 g/mol. The molecule has 0 aliphatic carbocycles. The van der Waals surface area contributed by atoms with Crippen LogP contribution in [0.2, 0.25) is 0 Å². The molecule has 2 saturated heterocycles. The summed E-state index contributed by atoms with van der Waals surface area (Å²) in [6.45, 7) is 1.55. The lowest BCUT2D eigenvalue weighted by atomic mass is 10.0. The minimum Gasteiger partial charge on any atom is -0.366 e. The summed E-state index contributed by atoms with van der Waals surface area (Å²) in [7, 11) is 3.73. The van der Waals surface area contributed by atoms with E-state index in [-0.39, 0.29) is 30.6 Å². The highest BCUT2D eigenvalue weighted by Crippen LogP contribution is 2.23. The topological polar surface area (TPSA) is 67.7 Å². The fourth-order valence-corrected chi connectivity index (χ4v) is 3.45. The lowest BCUT2D eigenvalue weighted by molar-refractivity contribution is -0.154. The van der Waals surface area contributed by atoms with Gasteiger partial charge >= 0.3 is 0 Å². The Morgan fingerprint density at radius 2 is 2.13 bits per heavy atom. The van der Waals surface area contributed by atoms with Gasteiger partial charge in [0.15, 0.2) is 0 Å². The fraction of sp³-hybridized carbons (Fsp3) is 0.688. The van der Waals surface area contributed by atoms with Crippen LogP contribution in [-0.4, -0.2) is 70.3 Å². The average Bonchev–Trinajstić information content (AvgIpc) is 2.82. The number of ether oxygens (including phenoxy) is 1. The summed E-state index contributed by atoms with van der Waals surface area (Å²) in [5, 5.41) is 4.12. The summed E-state index contributed by atoms with van der Waals surface area (Å²) in [6.07, 6.45) is 4.57. The summed E-state index contributed by atoms with van der Waals surface area (Å²) >= 11 is 0. The standard InChI is InChI=1S/C16H24N4O3/c1-18-13-6-9-20(10-7-14(13)23-11-16(18)22)15(21)4-3-12-5-8-17-19(12)2/h5,8,13-14H,3-4,6-7,9-11H2,1-2H3/t13-,14-/m0/s1. The summed E-state index contributed by atoms with van der Waals surface area (Å²) in [5.74, 6) is 0.195. The Morgan fingerprint density at radius 3 is 2.87 bits per heavy atom. The van der Waals surface area contributed by atoms with Gasteiger partial charge in [-0.05, 0) is 25.3 Å². The second-order valence-corrected chi connectivity index (χ2v) is 6.33. The molecule has 0 bridgehead atoms. The normalized spacial score (nSPS) is 25.2. The molecular formula is C16H24N4O3. The number of amides is 2. The van der Waals surface area contributed by atoms with Crippen molar-refractivity contribution >= 4 is 11.8 Å². The number of carbonyl (C=O) groups excluding carboxylic acids is 2. The summed E-state index contributed by atoms with van der Waals surface area (Å²) in [5.41, 5.74) is 1.07. The highest BCUT2D eigenvalue weighted by atomic mass is 16.5. The first kappa shape index (κ1) is 16.0. The van der Waals surface area contributed by atoms with Crippen molar-refractivity contribution in [1.29, 1.82) is 0 Å². The van der Waals surface area contributed by atoms with Crippen LogP contribution in [0.4, 0.5) is 0 Å². The second-order valence-electron chi connectivity index (χ2n) is 6.33. The molecule has 1 aromatic rings. The molecule has 23 heavy (non-hydrogen) atoms. The first-order valence-electron chi connectivity index (χ1n) is 8.18. The average molecular weight is 320 g/mol. The van der Waals surface area contributed by atoms with Gasteiger partial charge in [-0.3, -0.25) is 14.3 Å². The first-order chi connectivity index (χ1) is 11.1. The largest absolute Gasteiger partial charge is 0.366 e. The molecule has 126 valence electrons. The highest BCUT2D eigenvalue weighted by molar-refractivity contribution is 5.78. The zero-order valence-corrected chi connectivity index (χ0v) is 13.8. The Bertz CT molecular complexity index is 586. The van der Waals surface area contributed by atoms with Gasteiger partial charge in [0.05, 0.1) is 12.1 Å². The Hall–Kier alpha value is -1.89. The van der Waals surface area contributed by atoms with Crippen molar-refractivity contribution in [3.8, 4) is 0 Å². The number of likely N-dealkylation sites (N-methyl/N-ethyl adjacent to an activating group) is 1. The van der Waals surface area contributed by atoms with Gasteiger partial charge in [-0.2, -0.15) is 5.10 Å². The molecule has 2 aliphatic rings. The number of fused-ring (bicyclic) bond motifs is 1. The SMILES string of the molecule is CN1C(=O)CO[C@H]2CCN(C(=O)CCc3ccnn3C)CC[C@@H]21. The van der Waals surface area contributed by atoms with Gasteiger partial charge < -0.3 is 14.5 Å². The third-order valence-electron chi connectivity index (χ3n) is 4.99. The van der Waals surface area contributed by atoms with E-state index in [2.05, 4.69) is 5.10 Å². The molecule has 0 radical (unpaired) electrons. The number of rotatable bonds is 3. The molecule has 0 spiro atoms. The van der Waals surface area contributed by atoms with Crippen LogP contribution in [-0.2, 0) is 27.8 Å². The molecule has 0 saturated carbocycles. The van der Waals surface area contributed by atoms with Crippen molar-refractivity contribution in [2.45, 2.75) is 37.8 Å². The van der Waals surface area contributed by atoms with E-state index in [1.165, 1.54) is 0 Å². The quantitative estimate of drug-likeness (QED) is 0.798. The number of likely N-dealkylation sites (tertiary alicyclic amines) is 1. The molecule has 3 heterocycles. The summed E-state index contributed by atoms with van der Waals surface area (Å²) in [4.78, 5) is 27.9. The van der Waals surface area contributed by atoms with Crippen LogP contribution < -0.4 is 0 Å². The van der Waals surface area contributed by atoms with Crippen molar-refractivity contribution in [2.75, 3.05) is 26.7 Å². The van der Waals surface area contributed by atoms with Crippen molar-refractivity contribution in [2.24, 2.45) is 7.05 Å². The number of hydrogen-bond donors (Lipinski definition) is 0. The third kappa shape index (κ3) is 3.39. The van der Waals surface area contributed by atoms with Gasteiger partial charge in [-0.25, -0.2) is 0 Å². The van der Waals surface area contributed by atoms with Crippen LogP contribution in [0, 0.1) is 0 Å². The molecule has 3 rings (SSSR count). The molecule has 7 heteroatoms. The number of hydrogen-bond acceptors (Lipinski definition) is 4.